The number of esters is 1. The van der Waals surface area contributed by atoms with E-state index >= 15 is 0 Å². The third-order valence-corrected chi connectivity index (χ3v) is 4.97. The van der Waals surface area contributed by atoms with Gasteiger partial charge in [0.25, 0.3) is 5.56 Å². The van der Waals surface area contributed by atoms with Gasteiger partial charge in [-0.05, 0) is 62.5 Å². The summed E-state index contributed by atoms with van der Waals surface area (Å²) in [5.74, 6) is 0.864. The molecule has 0 spiro atoms. The molecule has 0 N–H and O–H groups in total. The minimum absolute atomic E-state index is 0.0320. The first-order valence-electron chi connectivity index (χ1n) is 8.40. The monoisotopic (exact) mass is 305 g/mol. The van der Waals surface area contributed by atoms with Crippen LogP contribution in [0.3, 0.4) is 0 Å². The van der Waals surface area contributed by atoms with Crippen molar-refractivity contribution in [1.82, 2.24) is 4.57 Å². The lowest BCUT2D eigenvalue weighted by molar-refractivity contribution is -0.150. The molecule has 122 valence electrons. The third-order valence-electron chi connectivity index (χ3n) is 4.97. The number of aryl methyl sites for hydroxylation is 1. The van der Waals surface area contributed by atoms with Crippen LogP contribution in [0.25, 0.3) is 0 Å². The Bertz CT molecular complexity index is 556. The molecule has 1 saturated carbocycles. The van der Waals surface area contributed by atoms with Crippen molar-refractivity contribution in [2.75, 3.05) is 6.61 Å². The molecule has 4 heteroatoms. The Morgan fingerprint density at radius 1 is 1.32 bits per heavy atom. The number of hydrogen-bond acceptors (Lipinski definition) is 3. The molecular weight excluding hydrogens is 278 g/mol. The highest BCUT2D eigenvalue weighted by Gasteiger charge is 2.32. The van der Waals surface area contributed by atoms with Gasteiger partial charge in [0.15, 0.2) is 0 Å². The molecule has 1 heterocycles. The third kappa shape index (κ3) is 3.79. The number of aromatic nitrogens is 1. The van der Waals surface area contributed by atoms with Gasteiger partial charge in [0, 0.05) is 19.3 Å². The quantitative estimate of drug-likeness (QED) is 0.785. The molecule has 0 saturated heterocycles. The van der Waals surface area contributed by atoms with E-state index in [4.69, 9.17) is 4.74 Å². The molecule has 1 aromatic rings. The largest absolute Gasteiger partial charge is 0.466 e. The maximum atomic E-state index is 12.0. The molecule has 4 nitrogen and oxygen atoms in total. The van der Waals surface area contributed by atoms with Gasteiger partial charge in [-0.3, -0.25) is 9.59 Å². The van der Waals surface area contributed by atoms with E-state index in [0.29, 0.717) is 18.4 Å². The standard InChI is InChI=1S/C18H27NO3/c1-4-16(18(21)22-5-2)14-8-6-13(7-9-14)15-10-11-19(3)17(20)12-15/h10-14,16H,4-9H2,1-3H3. The van der Waals surface area contributed by atoms with Crippen LogP contribution >= 0.6 is 0 Å². The van der Waals surface area contributed by atoms with Crippen LogP contribution in [0.4, 0.5) is 0 Å². The van der Waals surface area contributed by atoms with Gasteiger partial charge in [-0.2, -0.15) is 0 Å². The Balaban J connectivity index is 1.98. The maximum absolute atomic E-state index is 12.0. The SMILES string of the molecule is CCOC(=O)C(CC)C1CCC(c2ccn(C)c(=O)c2)CC1. The fourth-order valence-electron chi connectivity index (χ4n) is 3.61. The molecule has 0 aromatic carbocycles. The second-order valence-corrected chi connectivity index (χ2v) is 6.29. The van der Waals surface area contributed by atoms with Crippen LogP contribution in [0.15, 0.2) is 23.1 Å². The lowest BCUT2D eigenvalue weighted by atomic mass is 9.73. The van der Waals surface area contributed by atoms with E-state index in [-0.39, 0.29) is 17.4 Å². The molecule has 0 radical (unpaired) electrons. The molecule has 22 heavy (non-hydrogen) atoms. The van der Waals surface area contributed by atoms with Gasteiger partial charge in [-0.25, -0.2) is 0 Å². The van der Waals surface area contributed by atoms with E-state index in [1.165, 1.54) is 0 Å². The van der Waals surface area contributed by atoms with Crippen LogP contribution in [-0.2, 0) is 16.6 Å². The van der Waals surface area contributed by atoms with Crippen molar-refractivity contribution in [3.63, 3.8) is 0 Å². The van der Waals surface area contributed by atoms with Crippen molar-refractivity contribution in [2.24, 2.45) is 18.9 Å². The first-order valence-corrected chi connectivity index (χ1v) is 8.40. The van der Waals surface area contributed by atoms with Crippen LogP contribution < -0.4 is 5.56 Å². The van der Waals surface area contributed by atoms with Gasteiger partial charge in [0.2, 0.25) is 0 Å². The van der Waals surface area contributed by atoms with E-state index in [1.807, 2.05) is 13.1 Å². The highest BCUT2D eigenvalue weighted by atomic mass is 16.5. The number of rotatable bonds is 5. The Labute approximate surface area is 132 Å². The zero-order chi connectivity index (χ0) is 16.1. The zero-order valence-corrected chi connectivity index (χ0v) is 13.9. The molecular formula is C18H27NO3. The summed E-state index contributed by atoms with van der Waals surface area (Å²) in [6, 6.07) is 3.81. The van der Waals surface area contributed by atoms with E-state index in [9.17, 15) is 9.59 Å². The lowest BCUT2D eigenvalue weighted by Gasteiger charge is -2.32. The normalized spacial score (nSPS) is 23.0. The van der Waals surface area contributed by atoms with Gasteiger partial charge < -0.3 is 9.30 Å². The van der Waals surface area contributed by atoms with Crippen molar-refractivity contribution < 1.29 is 9.53 Å². The lowest BCUT2D eigenvalue weighted by Crippen LogP contribution is -2.28. The van der Waals surface area contributed by atoms with Crippen LogP contribution in [0, 0.1) is 11.8 Å². The van der Waals surface area contributed by atoms with Crippen molar-refractivity contribution >= 4 is 5.97 Å². The number of hydrogen-bond donors (Lipinski definition) is 0. The van der Waals surface area contributed by atoms with Crippen LogP contribution in [-0.4, -0.2) is 17.1 Å². The average Bonchev–Trinajstić information content (AvgIpc) is 2.52. The molecule has 2 rings (SSSR count). The molecule has 1 aromatic heterocycles. The molecule has 1 aliphatic rings. The summed E-state index contributed by atoms with van der Waals surface area (Å²) in [6.45, 7) is 4.38. The summed E-state index contributed by atoms with van der Waals surface area (Å²) < 4.78 is 6.81. The predicted molar refractivity (Wildman–Crippen MR) is 86.8 cm³/mol. The Morgan fingerprint density at radius 3 is 2.55 bits per heavy atom. The molecule has 0 bridgehead atoms. The Hall–Kier alpha value is -1.58. The fourth-order valence-corrected chi connectivity index (χ4v) is 3.61. The average molecular weight is 305 g/mol. The number of carbonyl (C=O) groups excluding carboxylic acids is 1. The Kier molecular flexibility index (Phi) is 5.81. The molecule has 1 unspecified atom stereocenters. The minimum Gasteiger partial charge on any atom is -0.466 e. The van der Waals surface area contributed by atoms with Gasteiger partial charge >= 0.3 is 5.97 Å². The first kappa shape index (κ1) is 16.8. The Morgan fingerprint density at radius 2 is 2.00 bits per heavy atom. The summed E-state index contributed by atoms with van der Waals surface area (Å²) in [5, 5.41) is 0. The number of nitrogens with zero attached hydrogens (tertiary/aromatic N) is 1. The second kappa shape index (κ2) is 7.61. The van der Waals surface area contributed by atoms with Gasteiger partial charge in [-0.15, -0.1) is 0 Å². The number of ether oxygens (including phenoxy) is 1. The van der Waals surface area contributed by atoms with Crippen molar-refractivity contribution in [1.29, 1.82) is 0 Å². The topological polar surface area (TPSA) is 48.3 Å². The zero-order valence-electron chi connectivity index (χ0n) is 13.9. The molecule has 1 fully saturated rings. The smallest absolute Gasteiger partial charge is 0.309 e. The van der Waals surface area contributed by atoms with E-state index < -0.39 is 0 Å². The van der Waals surface area contributed by atoms with Gasteiger partial charge in [0.05, 0.1) is 12.5 Å². The maximum Gasteiger partial charge on any atom is 0.309 e. The van der Waals surface area contributed by atoms with Crippen LogP contribution in [0.1, 0.15) is 57.4 Å². The summed E-state index contributed by atoms with van der Waals surface area (Å²) in [5.41, 5.74) is 1.20. The summed E-state index contributed by atoms with van der Waals surface area (Å²) in [6.07, 6.45) is 6.87. The fraction of sp³-hybridized carbons (Fsp3) is 0.667. The number of pyridine rings is 1. The van der Waals surface area contributed by atoms with Crippen LogP contribution in [0.2, 0.25) is 0 Å². The van der Waals surface area contributed by atoms with E-state index in [1.54, 1.807) is 17.7 Å². The number of carbonyl (C=O) groups is 1. The molecule has 1 atom stereocenters. The summed E-state index contributed by atoms with van der Waals surface area (Å²) in [7, 11) is 1.77. The van der Waals surface area contributed by atoms with E-state index in [2.05, 4.69) is 13.0 Å². The highest BCUT2D eigenvalue weighted by molar-refractivity contribution is 5.72. The van der Waals surface area contributed by atoms with Crippen molar-refractivity contribution in [3.05, 3.63) is 34.2 Å². The summed E-state index contributed by atoms with van der Waals surface area (Å²) in [4.78, 5) is 23.8. The summed E-state index contributed by atoms with van der Waals surface area (Å²) >= 11 is 0. The van der Waals surface area contributed by atoms with Gasteiger partial charge in [0.1, 0.15) is 0 Å². The molecule has 0 amide bonds. The highest BCUT2D eigenvalue weighted by Crippen LogP contribution is 2.39. The molecule has 1 aliphatic carbocycles. The van der Waals surface area contributed by atoms with Crippen molar-refractivity contribution in [3.8, 4) is 0 Å². The molecule has 0 aliphatic heterocycles. The predicted octanol–water partition coefficient (Wildman–Crippen LogP) is 3.25. The van der Waals surface area contributed by atoms with E-state index in [0.717, 1.165) is 37.7 Å². The van der Waals surface area contributed by atoms with Crippen LogP contribution in [0.5, 0.6) is 0 Å². The first-order chi connectivity index (χ1) is 10.6. The second-order valence-electron chi connectivity index (χ2n) is 6.29. The minimum atomic E-state index is -0.0398. The van der Waals surface area contributed by atoms with Gasteiger partial charge in [-0.1, -0.05) is 6.92 Å². The van der Waals surface area contributed by atoms with Crippen molar-refractivity contribution in [2.45, 2.75) is 51.9 Å².